The van der Waals surface area contributed by atoms with Crippen LogP contribution in [0.2, 0.25) is 0 Å². The fraction of sp³-hybridized carbons (Fsp3) is 0.667. The average Bonchev–Trinajstić information content (AvgIpc) is 2.52. The van der Waals surface area contributed by atoms with E-state index in [2.05, 4.69) is 54.3 Å². The van der Waals surface area contributed by atoms with Gasteiger partial charge in [-0.2, -0.15) is 11.8 Å². The number of benzene rings is 1. The van der Waals surface area contributed by atoms with Crippen LogP contribution in [0.3, 0.4) is 0 Å². The lowest BCUT2D eigenvalue weighted by Gasteiger charge is -2.24. The molecule has 0 amide bonds. The zero-order valence-corrected chi connectivity index (χ0v) is 13.6. The Morgan fingerprint density at radius 2 is 1.90 bits per heavy atom. The van der Waals surface area contributed by atoms with Crippen LogP contribution in [0.25, 0.3) is 0 Å². The predicted molar refractivity (Wildman–Crippen MR) is 91.6 cm³/mol. The molecule has 0 heterocycles. The molecule has 0 aliphatic heterocycles. The summed E-state index contributed by atoms with van der Waals surface area (Å²) in [4.78, 5) is 0. The lowest BCUT2D eigenvalue weighted by molar-refractivity contribution is 0.509. The van der Waals surface area contributed by atoms with Gasteiger partial charge >= 0.3 is 0 Å². The van der Waals surface area contributed by atoms with E-state index in [-0.39, 0.29) is 0 Å². The summed E-state index contributed by atoms with van der Waals surface area (Å²) >= 11 is 2.22. The van der Waals surface area contributed by atoms with Crippen LogP contribution in [-0.4, -0.2) is 23.6 Å². The molecule has 1 saturated carbocycles. The Morgan fingerprint density at radius 3 is 2.60 bits per heavy atom. The first kappa shape index (κ1) is 15.9. The molecule has 2 rings (SSSR count). The topological polar surface area (TPSA) is 12.0 Å². The number of nitrogens with one attached hydrogen (secondary N) is 1. The van der Waals surface area contributed by atoms with Gasteiger partial charge in [0.2, 0.25) is 0 Å². The van der Waals surface area contributed by atoms with Crippen molar-refractivity contribution in [3.8, 4) is 0 Å². The molecular formula is C18H29NS. The molecule has 112 valence electrons. The third-order valence-electron chi connectivity index (χ3n) is 4.20. The molecule has 1 N–H and O–H groups in total. The van der Waals surface area contributed by atoms with E-state index in [1.165, 1.54) is 56.3 Å². The van der Waals surface area contributed by atoms with Crippen LogP contribution in [0.1, 0.15) is 51.0 Å². The molecular weight excluding hydrogens is 262 g/mol. The summed E-state index contributed by atoms with van der Waals surface area (Å²) in [5.74, 6) is 1.28. The van der Waals surface area contributed by atoms with Crippen LogP contribution in [0, 0.1) is 0 Å². The van der Waals surface area contributed by atoms with E-state index in [1.54, 1.807) is 0 Å². The quantitative estimate of drug-likeness (QED) is 0.747. The van der Waals surface area contributed by atoms with Crippen LogP contribution in [0.15, 0.2) is 30.3 Å². The van der Waals surface area contributed by atoms with Crippen LogP contribution in [-0.2, 0) is 6.42 Å². The lowest BCUT2D eigenvalue weighted by atomic mass is 10.0. The standard InChI is InChI=1S/C18H29NS/c1-2-19-17(14-13-16-9-5-3-6-10-16)15-20-18-11-7-4-8-12-18/h3,5-6,9-10,17-19H,2,4,7-8,11-15H2,1H3. The second kappa shape index (κ2) is 9.46. The minimum absolute atomic E-state index is 0.673. The number of thioether (sulfide) groups is 1. The maximum absolute atomic E-state index is 3.67. The number of hydrogen-bond acceptors (Lipinski definition) is 2. The summed E-state index contributed by atoms with van der Waals surface area (Å²) < 4.78 is 0. The van der Waals surface area contributed by atoms with Gasteiger partial charge in [0.05, 0.1) is 0 Å². The van der Waals surface area contributed by atoms with E-state index < -0.39 is 0 Å². The molecule has 1 aromatic rings. The molecule has 1 aromatic carbocycles. The third kappa shape index (κ3) is 5.88. The van der Waals surface area contributed by atoms with Gasteiger partial charge in [0.15, 0.2) is 0 Å². The molecule has 20 heavy (non-hydrogen) atoms. The first-order valence-corrected chi connectivity index (χ1v) is 9.32. The Bertz CT molecular complexity index is 346. The van der Waals surface area contributed by atoms with Crippen molar-refractivity contribution in [1.29, 1.82) is 0 Å². The molecule has 1 aliphatic rings. The van der Waals surface area contributed by atoms with Gasteiger partial charge in [-0.3, -0.25) is 0 Å². The molecule has 0 aromatic heterocycles. The molecule has 0 radical (unpaired) electrons. The molecule has 1 aliphatic carbocycles. The van der Waals surface area contributed by atoms with Crippen molar-refractivity contribution in [2.24, 2.45) is 0 Å². The van der Waals surface area contributed by atoms with Gasteiger partial charge < -0.3 is 5.32 Å². The van der Waals surface area contributed by atoms with E-state index in [4.69, 9.17) is 0 Å². The van der Waals surface area contributed by atoms with Crippen molar-refractivity contribution in [2.45, 2.75) is 63.2 Å². The van der Waals surface area contributed by atoms with Gasteiger partial charge in [-0.25, -0.2) is 0 Å². The summed E-state index contributed by atoms with van der Waals surface area (Å²) in [7, 11) is 0. The van der Waals surface area contributed by atoms with Crippen LogP contribution >= 0.6 is 11.8 Å². The fourth-order valence-electron chi connectivity index (χ4n) is 3.00. The van der Waals surface area contributed by atoms with Crippen LogP contribution in [0.4, 0.5) is 0 Å². The minimum atomic E-state index is 0.673. The molecule has 1 atom stereocenters. The second-order valence-corrected chi connectivity index (χ2v) is 7.21. The van der Waals surface area contributed by atoms with Gasteiger partial charge in [-0.05, 0) is 37.8 Å². The Hall–Kier alpha value is -0.470. The summed E-state index contributed by atoms with van der Waals surface area (Å²) in [6, 6.07) is 11.6. The van der Waals surface area contributed by atoms with Crippen molar-refractivity contribution < 1.29 is 0 Å². The fourth-order valence-corrected chi connectivity index (χ4v) is 4.46. The number of rotatable bonds is 8. The zero-order chi connectivity index (χ0) is 14.0. The highest BCUT2D eigenvalue weighted by molar-refractivity contribution is 7.99. The van der Waals surface area contributed by atoms with Crippen molar-refractivity contribution in [2.75, 3.05) is 12.3 Å². The van der Waals surface area contributed by atoms with Crippen molar-refractivity contribution in [3.63, 3.8) is 0 Å². The van der Waals surface area contributed by atoms with Crippen molar-refractivity contribution >= 4 is 11.8 Å². The van der Waals surface area contributed by atoms with E-state index in [0.717, 1.165) is 11.8 Å². The highest BCUT2D eigenvalue weighted by atomic mass is 32.2. The summed E-state index contributed by atoms with van der Waals surface area (Å²) in [6.45, 7) is 3.31. The summed E-state index contributed by atoms with van der Waals surface area (Å²) in [5.41, 5.74) is 1.47. The Labute approximate surface area is 128 Å². The minimum Gasteiger partial charge on any atom is -0.313 e. The number of hydrogen-bond donors (Lipinski definition) is 1. The molecule has 1 fully saturated rings. The van der Waals surface area contributed by atoms with Gasteiger partial charge in [0, 0.05) is 17.0 Å². The largest absolute Gasteiger partial charge is 0.313 e. The van der Waals surface area contributed by atoms with Crippen molar-refractivity contribution in [1.82, 2.24) is 5.32 Å². The van der Waals surface area contributed by atoms with E-state index >= 15 is 0 Å². The monoisotopic (exact) mass is 291 g/mol. The summed E-state index contributed by atoms with van der Waals surface area (Å²) in [5, 5.41) is 4.60. The van der Waals surface area contributed by atoms with Gasteiger partial charge in [0.25, 0.3) is 0 Å². The Balaban J connectivity index is 1.71. The maximum atomic E-state index is 3.67. The third-order valence-corrected chi connectivity index (χ3v) is 5.74. The highest BCUT2D eigenvalue weighted by Crippen LogP contribution is 2.29. The average molecular weight is 292 g/mol. The maximum Gasteiger partial charge on any atom is 0.0161 e. The first-order chi connectivity index (χ1) is 9.88. The van der Waals surface area contributed by atoms with Gasteiger partial charge in [-0.1, -0.05) is 56.5 Å². The highest BCUT2D eigenvalue weighted by Gasteiger charge is 2.16. The molecule has 2 heteroatoms. The predicted octanol–water partition coefficient (Wildman–Crippen LogP) is 4.66. The molecule has 0 spiro atoms. The smallest absolute Gasteiger partial charge is 0.0161 e. The van der Waals surface area contributed by atoms with E-state index in [1.807, 2.05) is 0 Å². The zero-order valence-electron chi connectivity index (χ0n) is 12.8. The Kier molecular flexibility index (Phi) is 7.53. The Morgan fingerprint density at radius 1 is 1.15 bits per heavy atom. The summed E-state index contributed by atoms with van der Waals surface area (Å²) in [6.07, 6.45) is 9.72. The van der Waals surface area contributed by atoms with Crippen LogP contribution < -0.4 is 5.32 Å². The molecule has 0 saturated heterocycles. The van der Waals surface area contributed by atoms with E-state index in [0.29, 0.717) is 6.04 Å². The van der Waals surface area contributed by atoms with Gasteiger partial charge in [-0.15, -0.1) is 0 Å². The first-order valence-electron chi connectivity index (χ1n) is 8.27. The van der Waals surface area contributed by atoms with Crippen molar-refractivity contribution in [3.05, 3.63) is 35.9 Å². The van der Waals surface area contributed by atoms with Gasteiger partial charge in [0.1, 0.15) is 0 Å². The molecule has 1 unspecified atom stereocenters. The normalized spacial score (nSPS) is 18.1. The van der Waals surface area contributed by atoms with Crippen LogP contribution in [0.5, 0.6) is 0 Å². The molecule has 1 nitrogen and oxygen atoms in total. The SMILES string of the molecule is CCNC(CCc1ccccc1)CSC1CCCCC1. The number of aryl methyl sites for hydroxylation is 1. The lowest BCUT2D eigenvalue weighted by Crippen LogP contribution is -2.32. The second-order valence-electron chi connectivity index (χ2n) is 5.87. The molecule has 0 bridgehead atoms. The van der Waals surface area contributed by atoms with E-state index in [9.17, 15) is 0 Å².